The van der Waals surface area contributed by atoms with Gasteiger partial charge in [-0.2, -0.15) is 0 Å². The van der Waals surface area contributed by atoms with E-state index >= 15 is 4.39 Å². The average Bonchev–Trinajstić information content (AvgIpc) is 3.72. The molecule has 0 spiro atoms. The number of nitro benzene ring substituents is 1. The van der Waals surface area contributed by atoms with Gasteiger partial charge in [0.25, 0.3) is 21.6 Å². The van der Waals surface area contributed by atoms with Crippen molar-refractivity contribution in [3.8, 4) is 11.5 Å². The van der Waals surface area contributed by atoms with Crippen molar-refractivity contribution in [1.29, 1.82) is 0 Å². The minimum atomic E-state index is -4.85. The number of aromatic amines is 1. The number of rotatable bonds is 13. The van der Waals surface area contributed by atoms with Crippen molar-refractivity contribution in [1.82, 2.24) is 19.6 Å². The third-order valence-electron chi connectivity index (χ3n) is 11.5. The van der Waals surface area contributed by atoms with Crippen LogP contribution in [0.4, 0.5) is 21.5 Å². The summed E-state index contributed by atoms with van der Waals surface area (Å²) >= 11 is 6.22. The molecule has 1 aliphatic carbocycles. The Morgan fingerprint density at radius 3 is 2.68 bits per heavy atom. The van der Waals surface area contributed by atoms with E-state index in [1.54, 1.807) is 24.4 Å². The Kier molecular flexibility index (Phi) is 12.8. The molecule has 0 saturated carbocycles. The first-order valence-electron chi connectivity index (χ1n) is 20.5. The summed E-state index contributed by atoms with van der Waals surface area (Å²) in [6.45, 7) is 8.40. The van der Waals surface area contributed by atoms with Crippen molar-refractivity contribution in [2.24, 2.45) is 5.92 Å². The quantitative estimate of drug-likeness (QED) is 0.0773. The maximum atomic E-state index is 15.5. The zero-order valence-corrected chi connectivity index (χ0v) is 35.8. The number of piperazine rings is 1. The van der Waals surface area contributed by atoms with E-state index in [2.05, 4.69) is 51.1 Å². The van der Waals surface area contributed by atoms with Crippen molar-refractivity contribution in [2.45, 2.75) is 50.2 Å². The number of hydrogen-bond donors (Lipinski definition) is 3. The van der Waals surface area contributed by atoms with E-state index in [9.17, 15) is 23.3 Å². The van der Waals surface area contributed by atoms with Crippen molar-refractivity contribution in [3.63, 3.8) is 0 Å². The number of aromatic nitrogens is 2. The van der Waals surface area contributed by atoms with E-state index in [-0.39, 0.29) is 30.5 Å². The number of carbonyl (C=O) groups is 1. The number of nitro groups is 1. The Bertz CT molecular complexity index is 2620. The summed E-state index contributed by atoms with van der Waals surface area (Å²) in [4.78, 5) is 36.3. The minimum Gasteiger partial charge on any atom is -0.455 e. The molecular weight excluding hydrogens is 841 g/mol. The van der Waals surface area contributed by atoms with Crippen LogP contribution in [-0.4, -0.2) is 98.8 Å². The number of allylic oxidation sites excluding steroid dienone is 1. The van der Waals surface area contributed by atoms with Crippen LogP contribution >= 0.6 is 11.6 Å². The van der Waals surface area contributed by atoms with Crippen molar-refractivity contribution < 1.29 is 36.7 Å². The summed E-state index contributed by atoms with van der Waals surface area (Å²) in [6.07, 6.45) is 5.92. The predicted molar refractivity (Wildman–Crippen MR) is 234 cm³/mol. The maximum absolute atomic E-state index is 15.5. The fourth-order valence-corrected chi connectivity index (χ4v) is 9.48. The normalized spacial score (nSPS) is 20.0. The highest BCUT2D eigenvalue weighted by Gasteiger charge is 2.31. The van der Waals surface area contributed by atoms with Crippen LogP contribution < -0.4 is 19.7 Å². The molecule has 8 rings (SSSR count). The molecule has 62 heavy (non-hydrogen) atoms. The molecule has 3 N–H and O–H groups in total. The smallest absolute Gasteiger partial charge is 0.296 e. The summed E-state index contributed by atoms with van der Waals surface area (Å²) in [5, 5.41) is 16.1. The molecule has 2 aromatic heterocycles. The number of benzene rings is 3. The first kappa shape index (κ1) is 43.1. The number of H-pyrrole nitrogens is 1. The first-order valence-corrected chi connectivity index (χ1v) is 22.4. The van der Waals surface area contributed by atoms with Gasteiger partial charge in [-0.25, -0.2) is 22.5 Å². The average molecular weight is 888 g/mol. The van der Waals surface area contributed by atoms with Gasteiger partial charge >= 0.3 is 0 Å². The van der Waals surface area contributed by atoms with E-state index in [1.165, 1.54) is 29.0 Å². The monoisotopic (exact) mass is 887 g/mol. The number of amides is 1. The second kappa shape index (κ2) is 18.4. The Balaban J connectivity index is 1.03. The number of nitrogens with one attached hydrogen (secondary N) is 3. The van der Waals surface area contributed by atoms with Gasteiger partial charge in [0.1, 0.15) is 22.8 Å². The van der Waals surface area contributed by atoms with Crippen LogP contribution in [0.2, 0.25) is 5.02 Å². The highest BCUT2D eigenvalue weighted by atomic mass is 35.5. The number of fused-ring (bicyclic) bond motifs is 1. The SMILES string of the molecule is C[C@@H]1CCC(CN2CCN(c3ccc(C(=O)NS(=O)(=O)c4cc(F)c(NCC5COCCO5)c([N+](=O)[O-])c4)c(Oc4cnc5[nH]ccc5c4)c3)[C@H](C)C2)=C(c2ccc(Cl)cc2)C1. The number of halogens is 2. The van der Waals surface area contributed by atoms with E-state index in [0.29, 0.717) is 54.2 Å². The molecule has 0 bridgehead atoms. The summed E-state index contributed by atoms with van der Waals surface area (Å²) in [7, 11) is -4.85. The Morgan fingerprint density at radius 2 is 1.92 bits per heavy atom. The summed E-state index contributed by atoms with van der Waals surface area (Å²) in [6, 6.07) is 17.9. The lowest BCUT2D eigenvalue weighted by Gasteiger charge is -2.42. The maximum Gasteiger partial charge on any atom is 0.296 e. The molecule has 0 radical (unpaired) electrons. The van der Waals surface area contributed by atoms with Crippen LogP contribution in [0.5, 0.6) is 11.5 Å². The molecule has 3 atom stereocenters. The summed E-state index contributed by atoms with van der Waals surface area (Å²) in [5.41, 5.74) is 3.94. The Morgan fingerprint density at radius 1 is 1.10 bits per heavy atom. The molecule has 4 heterocycles. The van der Waals surface area contributed by atoms with Crippen LogP contribution in [0.15, 0.2) is 89.6 Å². The van der Waals surface area contributed by atoms with Gasteiger partial charge in [-0.3, -0.25) is 19.8 Å². The van der Waals surface area contributed by atoms with Crippen LogP contribution in [-0.2, 0) is 19.5 Å². The summed E-state index contributed by atoms with van der Waals surface area (Å²) < 4.78 is 61.9. The lowest BCUT2D eigenvalue weighted by Crippen LogP contribution is -2.52. The second-order valence-corrected chi connectivity index (χ2v) is 18.1. The number of ether oxygens (including phenoxy) is 3. The van der Waals surface area contributed by atoms with Gasteiger partial charge in [0.2, 0.25) is 0 Å². The van der Waals surface area contributed by atoms with Gasteiger partial charge in [-0.05, 0) is 85.7 Å². The fraction of sp³-hybridized carbons (Fsp3) is 0.364. The number of carbonyl (C=O) groups excluding carboxylic acids is 1. The van der Waals surface area contributed by atoms with Gasteiger partial charge in [-0.15, -0.1) is 0 Å². The van der Waals surface area contributed by atoms with E-state index in [1.807, 2.05) is 22.9 Å². The van der Waals surface area contributed by atoms with Crippen molar-refractivity contribution in [3.05, 3.63) is 117 Å². The summed E-state index contributed by atoms with van der Waals surface area (Å²) in [5.74, 6) is -1.36. The molecule has 2 saturated heterocycles. The Labute approximate surface area is 363 Å². The van der Waals surface area contributed by atoms with Crippen molar-refractivity contribution >= 4 is 61.2 Å². The van der Waals surface area contributed by atoms with Gasteiger partial charge in [0.05, 0.1) is 47.5 Å². The first-order chi connectivity index (χ1) is 29.8. The molecule has 1 unspecified atom stereocenters. The van der Waals surface area contributed by atoms with Gasteiger partial charge in [0, 0.05) is 73.2 Å². The lowest BCUT2D eigenvalue weighted by atomic mass is 9.81. The lowest BCUT2D eigenvalue weighted by molar-refractivity contribution is -0.384. The topological polar surface area (TPSA) is 181 Å². The molecule has 18 heteroatoms. The highest BCUT2D eigenvalue weighted by Crippen LogP contribution is 2.38. The molecule has 2 fully saturated rings. The number of anilines is 2. The standard InChI is InChI=1S/C44H47ClFN7O8S/c1-27-3-4-31(38(17-27)29-5-7-32(45)8-6-29)25-51-13-14-52(28(2)24-51)33-9-10-37(41(19-33)61-34-18-30-11-12-47-43(30)49-22-34)44(54)50-62(57,58)36-20-39(46)42(40(21-36)53(55)56)48-23-35-26-59-15-16-60-35/h5-12,18-22,27-28,35,48H,3-4,13-17,23-26H2,1-2H3,(H,47,49)(H,50,54)/t27-,28-,35?/m1/s1. The molecular formula is C44H47ClFN7O8S. The third-order valence-corrected chi connectivity index (χ3v) is 13.1. The Hall–Kier alpha value is -5.59. The van der Waals surface area contributed by atoms with Gasteiger partial charge in [0.15, 0.2) is 5.82 Å². The molecule has 3 aliphatic rings. The fourth-order valence-electron chi connectivity index (χ4n) is 8.36. The van der Waals surface area contributed by atoms with Crippen LogP contribution in [0, 0.1) is 21.8 Å². The third kappa shape index (κ3) is 9.71. The molecule has 326 valence electrons. The van der Waals surface area contributed by atoms with Gasteiger partial charge in [-0.1, -0.05) is 36.2 Å². The predicted octanol–water partition coefficient (Wildman–Crippen LogP) is 7.79. The number of nitrogens with zero attached hydrogens (tertiary/aromatic N) is 4. The van der Waals surface area contributed by atoms with E-state index in [4.69, 9.17) is 25.8 Å². The largest absolute Gasteiger partial charge is 0.455 e. The number of sulfonamides is 1. The molecule has 2 aliphatic heterocycles. The molecule has 15 nitrogen and oxygen atoms in total. The van der Waals surface area contributed by atoms with Crippen molar-refractivity contribution in [2.75, 3.05) is 62.8 Å². The van der Waals surface area contributed by atoms with Crippen LogP contribution in [0.25, 0.3) is 16.6 Å². The second-order valence-electron chi connectivity index (χ2n) is 16.0. The van der Waals surface area contributed by atoms with Gasteiger partial charge < -0.3 is 29.4 Å². The molecule has 5 aromatic rings. The highest BCUT2D eigenvalue weighted by molar-refractivity contribution is 7.90. The van der Waals surface area contributed by atoms with Crippen LogP contribution in [0.3, 0.4) is 0 Å². The minimum absolute atomic E-state index is 0.0238. The zero-order valence-electron chi connectivity index (χ0n) is 34.2. The van der Waals surface area contributed by atoms with Crippen LogP contribution in [0.1, 0.15) is 49.0 Å². The number of pyridine rings is 1. The zero-order chi connectivity index (χ0) is 43.5. The van der Waals surface area contributed by atoms with E-state index in [0.717, 1.165) is 50.0 Å². The number of hydrogen-bond acceptors (Lipinski definition) is 12. The molecule has 1 amide bonds. The van der Waals surface area contributed by atoms with E-state index < -0.39 is 49.0 Å². The molecule has 3 aromatic carbocycles.